The highest BCUT2D eigenvalue weighted by atomic mass is 32.2. The molecule has 0 fully saturated rings. The Hall–Kier alpha value is -1.54. The Morgan fingerprint density at radius 1 is 1.24 bits per heavy atom. The molecule has 1 aromatic rings. The van der Waals surface area contributed by atoms with E-state index in [-0.39, 0.29) is 23.0 Å². The van der Waals surface area contributed by atoms with E-state index in [0.29, 0.717) is 17.8 Å². The maximum Gasteiger partial charge on any atom is 0.240 e. The summed E-state index contributed by atoms with van der Waals surface area (Å²) < 4.78 is 25.2. The van der Waals surface area contributed by atoms with Gasteiger partial charge in [-0.1, -0.05) is 32.9 Å². The fraction of sp³-hybridized carbons (Fsp3) is 0.529. The molecule has 0 unspecified atom stereocenters. The standard InChI is InChI=1S/C17H26N2O4S2/c1-13(20)14-7-6-8-15(11-14)19(25(5,22)23)12-16(21)18-9-10-24-17(2,3)4/h6-8,11H,9-10,12H2,1-5H3,(H,18,21). The maximum atomic E-state index is 12.1. The lowest BCUT2D eigenvalue weighted by molar-refractivity contribution is -0.119. The highest BCUT2D eigenvalue weighted by Crippen LogP contribution is 2.22. The molecule has 8 heteroatoms. The fourth-order valence-corrected chi connectivity index (χ4v) is 3.68. The van der Waals surface area contributed by atoms with Gasteiger partial charge in [-0.05, 0) is 19.1 Å². The number of rotatable bonds is 8. The van der Waals surface area contributed by atoms with Crippen LogP contribution < -0.4 is 9.62 Å². The van der Waals surface area contributed by atoms with E-state index < -0.39 is 10.0 Å². The van der Waals surface area contributed by atoms with E-state index in [1.165, 1.54) is 13.0 Å². The lowest BCUT2D eigenvalue weighted by atomic mass is 10.1. The van der Waals surface area contributed by atoms with Crippen LogP contribution in [-0.4, -0.2) is 50.0 Å². The highest BCUT2D eigenvalue weighted by Gasteiger charge is 2.21. The zero-order valence-corrected chi connectivity index (χ0v) is 17.0. The molecule has 0 radical (unpaired) electrons. The van der Waals surface area contributed by atoms with Gasteiger partial charge in [0.1, 0.15) is 6.54 Å². The molecule has 0 saturated heterocycles. The van der Waals surface area contributed by atoms with E-state index in [1.54, 1.807) is 30.0 Å². The van der Waals surface area contributed by atoms with Gasteiger partial charge in [0, 0.05) is 22.6 Å². The van der Waals surface area contributed by atoms with Crippen molar-refractivity contribution in [2.45, 2.75) is 32.4 Å². The van der Waals surface area contributed by atoms with Crippen molar-refractivity contribution in [3.63, 3.8) is 0 Å². The number of hydrogen-bond acceptors (Lipinski definition) is 5. The average Bonchev–Trinajstić information content (AvgIpc) is 2.47. The topological polar surface area (TPSA) is 83.6 Å². The second-order valence-corrected chi connectivity index (χ2v) is 10.5. The van der Waals surface area contributed by atoms with Crippen LogP contribution >= 0.6 is 11.8 Å². The molecule has 1 rings (SSSR count). The van der Waals surface area contributed by atoms with Crippen molar-refractivity contribution in [3.05, 3.63) is 29.8 Å². The molecule has 0 aromatic heterocycles. The molecule has 0 heterocycles. The summed E-state index contributed by atoms with van der Waals surface area (Å²) in [7, 11) is -3.65. The summed E-state index contributed by atoms with van der Waals surface area (Å²) in [6.45, 7) is 7.82. The lowest BCUT2D eigenvalue weighted by Gasteiger charge is -2.22. The van der Waals surface area contributed by atoms with Crippen molar-refractivity contribution in [1.29, 1.82) is 0 Å². The number of nitrogens with one attached hydrogen (secondary N) is 1. The Morgan fingerprint density at radius 3 is 2.40 bits per heavy atom. The molecule has 6 nitrogen and oxygen atoms in total. The smallest absolute Gasteiger partial charge is 0.240 e. The van der Waals surface area contributed by atoms with Gasteiger partial charge in [0.2, 0.25) is 15.9 Å². The van der Waals surface area contributed by atoms with Crippen LogP contribution in [0.4, 0.5) is 5.69 Å². The third kappa shape index (κ3) is 7.92. The number of thioether (sulfide) groups is 1. The Balaban J connectivity index is 2.80. The fourth-order valence-electron chi connectivity index (χ4n) is 2.01. The number of Topliss-reactive ketones (excluding diaryl/α,β-unsaturated/α-hetero) is 1. The lowest BCUT2D eigenvalue weighted by Crippen LogP contribution is -2.41. The third-order valence-corrected chi connectivity index (χ3v) is 5.60. The normalized spacial score (nSPS) is 11.9. The number of carbonyl (C=O) groups is 2. The van der Waals surface area contributed by atoms with Crippen molar-refractivity contribution in [2.75, 3.05) is 29.4 Å². The van der Waals surface area contributed by atoms with Crippen LogP contribution in [0.3, 0.4) is 0 Å². The molecule has 0 saturated carbocycles. The van der Waals surface area contributed by atoms with E-state index >= 15 is 0 Å². The number of benzene rings is 1. The summed E-state index contributed by atoms with van der Waals surface area (Å²) >= 11 is 1.72. The summed E-state index contributed by atoms with van der Waals surface area (Å²) in [4.78, 5) is 23.6. The van der Waals surface area contributed by atoms with Gasteiger partial charge in [0.15, 0.2) is 5.78 Å². The van der Waals surface area contributed by atoms with Crippen LogP contribution in [0.25, 0.3) is 0 Å². The molecule has 1 amide bonds. The predicted molar refractivity (Wildman–Crippen MR) is 104 cm³/mol. The minimum atomic E-state index is -3.65. The van der Waals surface area contributed by atoms with E-state index in [0.717, 1.165) is 16.3 Å². The zero-order valence-electron chi connectivity index (χ0n) is 15.3. The minimum Gasteiger partial charge on any atom is -0.354 e. The van der Waals surface area contributed by atoms with Crippen LogP contribution in [0.1, 0.15) is 38.1 Å². The summed E-state index contributed by atoms with van der Waals surface area (Å²) in [5.74, 6) is 0.195. The maximum absolute atomic E-state index is 12.1. The van der Waals surface area contributed by atoms with Crippen LogP contribution in [0.15, 0.2) is 24.3 Å². The molecule has 0 bridgehead atoms. The quantitative estimate of drug-likeness (QED) is 0.547. The van der Waals surface area contributed by atoms with Crippen LogP contribution in [0, 0.1) is 0 Å². The largest absolute Gasteiger partial charge is 0.354 e. The van der Waals surface area contributed by atoms with Gasteiger partial charge in [-0.25, -0.2) is 8.42 Å². The summed E-state index contributed by atoms with van der Waals surface area (Å²) in [5, 5.41) is 2.73. The molecule has 25 heavy (non-hydrogen) atoms. The first-order chi connectivity index (χ1) is 11.4. The second-order valence-electron chi connectivity index (χ2n) is 6.69. The van der Waals surface area contributed by atoms with Gasteiger partial charge >= 0.3 is 0 Å². The van der Waals surface area contributed by atoms with Gasteiger partial charge in [-0.3, -0.25) is 13.9 Å². The van der Waals surface area contributed by atoms with Gasteiger partial charge in [-0.2, -0.15) is 11.8 Å². The average molecular weight is 387 g/mol. The third-order valence-electron chi connectivity index (χ3n) is 3.19. The zero-order chi connectivity index (χ0) is 19.3. The number of anilines is 1. The predicted octanol–water partition coefficient (Wildman–Crippen LogP) is 2.30. The van der Waals surface area contributed by atoms with Gasteiger partial charge < -0.3 is 5.32 Å². The first-order valence-electron chi connectivity index (χ1n) is 7.89. The van der Waals surface area contributed by atoms with Crippen molar-refractivity contribution >= 4 is 39.2 Å². The Kier molecular flexibility index (Phi) is 7.49. The molecule has 140 valence electrons. The number of amides is 1. The Labute approximate surface area is 154 Å². The number of nitrogens with zero attached hydrogens (tertiary/aromatic N) is 1. The van der Waals surface area contributed by atoms with E-state index in [4.69, 9.17) is 0 Å². The van der Waals surface area contributed by atoms with Crippen molar-refractivity contribution in [2.24, 2.45) is 0 Å². The first kappa shape index (κ1) is 21.5. The molecule has 0 aliphatic rings. The van der Waals surface area contributed by atoms with Crippen molar-refractivity contribution in [1.82, 2.24) is 5.32 Å². The number of hydrogen-bond donors (Lipinski definition) is 1. The summed E-state index contributed by atoms with van der Waals surface area (Å²) in [5.41, 5.74) is 0.697. The molecule has 0 spiro atoms. The Morgan fingerprint density at radius 2 is 1.88 bits per heavy atom. The van der Waals surface area contributed by atoms with Crippen LogP contribution in [0.5, 0.6) is 0 Å². The van der Waals surface area contributed by atoms with Gasteiger partial charge in [0.25, 0.3) is 0 Å². The van der Waals surface area contributed by atoms with Crippen LogP contribution in [0.2, 0.25) is 0 Å². The van der Waals surface area contributed by atoms with Gasteiger partial charge in [0.05, 0.1) is 11.9 Å². The highest BCUT2D eigenvalue weighted by molar-refractivity contribution is 8.00. The molecule has 0 aliphatic heterocycles. The number of sulfonamides is 1. The summed E-state index contributed by atoms with van der Waals surface area (Å²) in [6.07, 6.45) is 1.04. The Bertz CT molecular complexity index is 724. The van der Waals surface area contributed by atoms with E-state index in [9.17, 15) is 18.0 Å². The monoisotopic (exact) mass is 386 g/mol. The molecule has 1 aromatic carbocycles. The van der Waals surface area contributed by atoms with E-state index in [2.05, 4.69) is 26.1 Å². The van der Waals surface area contributed by atoms with Gasteiger partial charge in [-0.15, -0.1) is 0 Å². The second kappa shape index (κ2) is 8.71. The molecule has 1 N–H and O–H groups in total. The minimum absolute atomic E-state index is 0.108. The van der Waals surface area contributed by atoms with Crippen LogP contribution in [-0.2, 0) is 14.8 Å². The van der Waals surface area contributed by atoms with Crippen molar-refractivity contribution < 1.29 is 18.0 Å². The number of carbonyl (C=O) groups excluding carboxylic acids is 2. The molecular weight excluding hydrogens is 360 g/mol. The molecular formula is C17H26N2O4S2. The molecule has 0 atom stereocenters. The first-order valence-corrected chi connectivity index (χ1v) is 10.7. The summed E-state index contributed by atoms with van der Waals surface area (Å²) in [6, 6.07) is 6.25. The SMILES string of the molecule is CC(=O)c1cccc(N(CC(=O)NCCSC(C)(C)C)S(C)(=O)=O)c1. The van der Waals surface area contributed by atoms with Crippen molar-refractivity contribution in [3.8, 4) is 0 Å². The van der Waals surface area contributed by atoms with E-state index in [1.807, 2.05) is 0 Å². The molecule has 0 aliphatic carbocycles. The number of ketones is 1.